The lowest BCUT2D eigenvalue weighted by Crippen LogP contribution is -2.39. The highest BCUT2D eigenvalue weighted by Gasteiger charge is 2.38. The highest BCUT2D eigenvalue weighted by Crippen LogP contribution is 2.52. The summed E-state index contributed by atoms with van der Waals surface area (Å²) in [6, 6.07) is 30.2. The number of hydrogen-bond donors (Lipinski definition) is 1. The SMILES string of the molecule is C1=CC(C2=NC(c3ccccc3)N=C(c3ccccc3)N2)CC(c2cccc(C3C=C4C(=CC3)C3=C(CCC=C3)C3CCC=CC43)c2)=C1. The van der Waals surface area contributed by atoms with Gasteiger partial charge in [-0.25, -0.2) is 9.98 Å². The molecule has 5 unspecified atom stereocenters. The molecular weight excluding hydrogens is 583 g/mol. The summed E-state index contributed by atoms with van der Waals surface area (Å²) >= 11 is 0. The number of fused-ring (bicyclic) bond motifs is 5. The molecule has 0 aromatic heterocycles. The van der Waals surface area contributed by atoms with E-state index < -0.39 is 0 Å². The Balaban J connectivity index is 0.986. The van der Waals surface area contributed by atoms with Crippen LogP contribution in [0.2, 0.25) is 0 Å². The summed E-state index contributed by atoms with van der Waals surface area (Å²) in [4.78, 5) is 10.2. The van der Waals surface area contributed by atoms with E-state index in [9.17, 15) is 0 Å². The van der Waals surface area contributed by atoms with Crippen LogP contribution in [-0.4, -0.2) is 11.7 Å². The smallest absolute Gasteiger partial charge is 0.169 e. The van der Waals surface area contributed by atoms with Crippen LogP contribution in [-0.2, 0) is 0 Å². The molecule has 1 aliphatic heterocycles. The van der Waals surface area contributed by atoms with Gasteiger partial charge in [-0.1, -0.05) is 145 Å². The largest absolute Gasteiger partial charge is 0.328 e. The van der Waals surface area contributed by atoms with Crippen molar-refractivity contribution in [3.05, 3.63) is 184 Å². The first kappa shape index (κ1) is 29.1. The summed E-state index contributed by atoms with van der Waals surface area (Å²) in [7, 11) is 0. The van der Waals surface area contributed by atoms with E-state index >= 15 is 0 Å². The lowest BCUT2D eigenvalue weighted by atomic mass is 9.62. The van der Waals surface area contributed by atoms with Crippen molar-refractivity contribution < 1.29 is 0 Å². The first-order valence-electron chi connectivity index (χ1n) is 17.8. The fourth-order valence-corrected chi connectivity index (χ4v) is 8.62. The van der Waals surface area contributed by atoms with Crippen molar-refractivity contribution in [3.8, 4) is 0 Å². The number of nitrogens with one attached hydrogen (secondary N) is 1. The van der Waals surface area contributed by atoms with Gasteiger partial charge in [0.05, 0.1) is 0 Å². The van der Waals surface area contributed by atoms with E-state index in [-0.39, 0.29) is 12.1 Å². The van der Waals surface area contributed by atoms with E-state index in [2.05, 4.69) is 133 Å². The van der Waals surface area contributed by atoms with Gasteiger partial charge < -0.3 is 5.32 Å². The van der Waals surface area contributed by atoms with Gasteiger partial charge in [-0.15, -0.1) is 0 Å². The molecule has 1 N–H and O–H groups in total. The third-order valence-electron chi connectivity index (χ3n) is 11.0. The van der Waals surface area contributed by atoms with E-state index in [1.807, 2.05) is 12.1 Å². The molecule has 3 nitrogen and oxygen atoms in total. The van der Waals surface area contributed by atoms with Gasteiger partial charge in [0.1, 0.15) is 11.7 Å². The molecular formula is C45H41N3. The summed E-state index contributed by atoms with van der Waals surface area (Å²) in [6.45, 7) is 0. The molecule has 236 valence electrons. The Bertz CT molecular complexity index is 2010. The van der Waals surface area contributed by atoms with Gasteiger partial charge in [-0.2, -0.15) is 0 Å². The highest BCUT2D eigenvalue weighted by molar-refractivity contribution is 6.11. The van der Waals surface area contributed by atoms with Crippen molar-refractivity contribution in [1.82, 2.24) is 5.32 Å². The predicted octanol–water partition coefficient (Wildman–Crippen LogP) is 10.4. The van der Waals surface area contributed by atoms with E-state index in [4.69, 9.17) is 9.98 Å². The minimum atomic E-state index is -0.268. The molecule has 0 spiro atoms. The van der Waals surface area contributed by atoms with Crippen LogP contribution < -0.4 is 5.32 Å². The molecule has 6 aliphatic rings. The minimum absolute atomic E-state index is 0.139. The number of benzene rings is 3. The Hall–Kier alpha value is -5.02. The molecule has 0 saturated carbocycles. The molecule has 5 atom stereocenters. The highest BCUT2D eigenvalue weighted by atomic mass is 15.2. The third kappa shape index (κ3) is 5.42. The molecule has 3 aromatic rings. The van der Waals surface area contributed by atoms with Crippen LogP contribution in [0.1, 0.15) is 72.9 Å². The van der Waals surface area contributed by atoms with Crippen LogP contribution in [0.25, 0.3) is 5.57 Å². The van der Waals surface area contributed by atoms with Crippen molar-refractivity contribution >= 4 is 17.2 Å². The molecule has 0 bridgehead atoms. The Labute approximate surface area is 284 Å². The Morgan fingerprint density at radius 3 is 2.48 bits per heavy atom. The molecule has 0 amide bonds. The van der Waals surface area contributed by atoms with Gasteiger partial charge in [0, 0.05) is 23.3 Å². The molecule has 48 heavy (non-hydrogen) atoms. The van der Waals surface area contributed by atoms with Gasteiger partial charge in [-0.05, 0) is 83.4 Å². The number of nitrogens with zero attached hydrogens (tertiary/aromatic N) is 2. The van der Waals surface area contributed by atoms with Crippen molar-refractivity contribution in [1.29, 1.82) is 0 Å². The number of aliphatic imine (C=N–C) groups is 2. The zero-order chi connectivity index (χ0) is 31.9. The molecule has 0 radical (unpaired) electrons. The first-order chi connectivity index (χ1) is 23.8. The van der Waals surface area contributed by atoms with Crippen LogP contribution in [0.5, 0.6) is 0 Å². The Kier molecular flexibility index (Phi) is 7.61. The van der Waals surface area contributed by atoms with Crippen molar-refractivity contribution in [2.75, 3.05) is 0 Å². The zero-order valence-corrected chi connectivity index (χ0v) is 27.3. The molecule has 9 rings (SSSR count). The average Bonchev–Trinajstić information content (AvgIpc) is 3.18. The van der Waals surface area contributed by atoms with Crippen LogP contribution >= 0.6 is 0 Å². The second-order valence-corrected chi connectivity index (χ2v) is 13.9. The topological polar surface area (TPSA) is 36.8 Å². The number of amidine groups is 2. The molecule has 0 saturated heterocycles. The maximum absolute atomic E-state index is 5.18. The number of hydrogen-bond acceptors (Lipinski definition) is 3. The summed E-state index contributed by atoms with van der Waals surface area (Å²) in [6.07, 6.45) is 28.3. The maximum atomic E-state index is 5.18. The minimum Gasteiger partial charge on any atom is -0.328 e. The monoisotopic (exact) mass is 623 g/mol. The van der Waals surface area contributed by atoms with Crippen molar-refractivity contribution in [2.45, 2.75) is 50.6 Å². The van der Waals surface area contributed by atoms with E-state index in [0.29, 0.717) is 17.8 Å². The van der Waals surface area contributed by atoms with Crippen molar-refractivity contribution in [3.63, 3.8) is 0 Å². The number of rotatable bonds is 5. The van der Waals surface area contributed by atoms with Crippen LogP contribution in [0.15, 0.2) is 172 Å². The van der Waals surface area contributed by atoms with Gasteiger partial charge in [0.25, 0.3) is 0 Å². The second-order valence-electron chi connectivity index (χ2n) is 13.9. The second kappa shape index (κ2) is 12.5. The molecule has 3 heteroatoms. The summed E-state index contributed by atoms with van der Waals surface area (Å²) < 4.78 is 0. The van der Waals surface area contributed by atoms with Gasteiger partial charge in [0.15, 0.2) is 6.17 Å². The predicted molar refractivity (Wildman–Crippen MR) is 199 cm³/mol. The van der Waals surface area contributed by atoms with Crippen molar-refractivity contribution in [2.24, 2.45) is 27.7 Å². The lowest BCUT2D eigenvalue weighted by molar-refractivity contribution is 0.427. The normalized spacial score (nSPS) is 27.3. The zero-order valence-electron chi connectivity index (χ0n) is 27.3. The average molecular weight is 624 g/mol. The molecule has 0 fully saturated rings. The number of allylic oxidation sites excluding steroid dienone is 13. The van der Waals surface area contributed by atoms with Gasteiger partial charge >= 0.3 is 0 Å². The summed E-state index contributed by atoms with van der Waals surface area (Å²) in [5, 5.41) is 3.64. The summed E-state index contributed by atoms with van der Waals surface area (Å²) in [5.41, 5.74) is 12.6. The van der Waals surface area contributed by atoms with Crippen LogP contribution in [0.4, 0.5) is 0 Å². The molecule has 5 aliphatic carbocycles. The van der Waals surface area contributed by atoms with E-state index in [0.717, 1.165) is 35.6 Å². The van der Waals surface area contributed by atoms with Gasteiger partial charge in [0.2, 0.25) is 0 Å². The third-order valence-corrected chi connectivity index (χ3v) is 11.0. The fraction of sp³-hybridized carbons (Fsp3) is 0.244. The molecule has 1 heterocycles. The van der Waals surface area contributed by atoms with E-state index in [1.54, 1.807) is 11.1 Å². The standard InChI is InChI=1S/C45H41N3/c1-3-13-30(14-4-1)43-46-44(31-15-5-2-6-16-31)48-45(47-43)36-20-12-19-34(28-36)32-17-11-18-33(27-32)35-25-26-41-39-23-8-7-21-37(39)38-22-9-10-24-40(38)42(41)29-35/h1-6,8,10-20,23-24,26-27,29,35-36,38,40,43H,7,9,21-22,25,28H2,(H,46,47,48). The van der Waals surface area contributed by atoms with Gasteiger partial charge in [-0.3, -0.25) is 0 Å². The summed E-state index contributed by atoms with van der Waals surface area (Å²) in [5.74, 6) is 3.59. The maximum Gasteiger partial charge on any atom is 0.169 e. The fourth-order valence-electron chi connectivity index (χ4n) is 8.62. The first-order valence-corrected chi connectivity index (χ1v) is 17.8. The van der Waals surface area contributed by atoms with Crippen LogP contribution in [0, 0.1) is 17.8 Å². The lowest BCUT2D eigenvalue weighted by Gasteiger charge is -2.42. The quantitative estimate of drug-likeness (QED) is 0.282. The Morgan fingerprint density at radius 1 is 0.750 bits per heavy atom. The Morgan fingerprint density at radius 2 is 1.58 bits per heavy atom. The van der Waals surface area contributed by atoms with E-state index in [1.165, 1.54) is 53.5 Å². The molecule has 3 aromatic carbocycles. The van der Waals surface area contributed by atoms with Crippen LogP contribution in [0.3, 0.4) is 0 Å².